The van der Waals surface area contributed by atoms with Crippen molar-refractivity contribution in [1.82, 2.24) is 4.72 Å². The molecule has 0 aliphatic rings. The first-order chi connectivity index (χ1) is 11.1. The van der Waals surface area contributed by atoms with Crippen molar-refractivity contribution in [2.24, 2.45) is 0 Å². The summed E-state index contributed by atoms with van der Waals surface area (Å²) in [5.41, 5.74) is -1.02. The van der Waals surface area contributed by atoms with Crippen LogP contribution in [-0.2, 0) is 22.7 Å². The fourth-order valence-electron chi connectivity index (χ4n) is 1.87. The van der Waals surface area contributed by atoms with Crippen LogP contribution in [0.25, 0.3) is 0 Å². The highest BCUT2D eigenvalue weighted by Gasteiger charge is 2.30. The summed E-state index contributed by atoms with van der Waals surface area (Å²) in [5.74, 6) is 0. The van der Waals surface area contributed by atoms with Gasteiger partial charge in [0.15, 0.2) is 0 Å². The molecule has 0 spiro atoms. The van der Waals surface area contributed by atoms with Crippen LogP contribution in [0.3, 0.4) is 0 Å². The summed E-state index contributed by atoms with van der Waals surface area (Å²) < 4.78 is 64.1. The van der Waals surface area contributed by atoms with Crippen LogP contribution in [0.1, 0.15) is 11.1 Å². The van der Waals surface area contributed by atoms with Gasteiger partial charge in [-0.05, 0) is 23.8 Å². The van der Waals surface area contributed by atoms with Crippen molar-refractivity contribution >= 4 is 15.7 Å². The van der Waals surface area contributed by atoms with Gasteiger partial charge in [-0.1, -0.05) is 18.2 Å². The Balaban J connectivity index is 2.14. The van der Waals surface area contributed by atoms with E-state index in [9.17, 15) is 31.7 Å². The average molecular weight is 360 g/mol. The minimum Gasteiger partial charge on any atom is -0.258 e. The molecule has 0 radical (unpaired) electrons. The minimum absolute atomic E-state index is 0.135. The summed E-state index contributed by atoms with van der Waals surface area (Å²) in [5, 5.41) is 10.5. The molecule has 0 saturated heterocycles. The summed E-state index contributed by atoms with van der Waals surface area (Å²) in [6.07, 6.45) is -4.52. The quantitative estimate of drug-likeness (QED) is 0.655. The first kappa shape index (κ1) is 17.9. The van der Waals surface area contributed by atoms with Crippen LogP contribution in [0.2, 0.25) is 0 Å². The molecule has 0 bridgehead atoms. The Morgan fingerprint density at radius 2 is 1.71 bits per heavy atom. The van der Waals surface area contributed by atoms with E-state index in [-0.39, 0.29) is 22.7 Å². The van der Waals surface area contributed by atoms with Crippen molar-refractivity contribution in [3.05, 3.63) is 69.8 Å². The number of hydrogen-bond acceptors (Lipinski definition) is 4. The van der Waals surface area contributed by atoms with Crippen molar-refractivity contribution in [2.75, 3.05) is 0 Å². The summed E-state index contributed by atoms with van der Waals surface area (Å²) in [6.45, 7) is -0.344. The lowest BCUT2D eigenvalue weighted by Crippen LogP contribution is -2.23. The van der Waals surface area contributed by atoms with Gasteiger partial charge in [0.2, 0.25) is 10.0 Å². The van der Waals surface area contributed by atoms with Crippen LogP contribution in [0.15, 0.2) is 53.4 Å². The number of benzene rings is 2. The monoisotopic (exact) mass is 360 g/mol. The number of nitrogens with zero attached hydrogens (tertiary/aromatic N) is 1. The highest BCUT2D eigenvalue weighted by atomic mass is 32.2. The van der Waals surface area contributed by atoms with Crippen LogP contribution in [0, 0.1) is 10.1 Å². The average Bonchev–Trinajstić information content (AvgIpc) is 2.52. The molecular weight excluding hydrogens is 349 g/mol. The Labute approximate surface area is 135 Å². The maximum Gasteiger partial charge on any atom is 0.416 e. The smallest absolute Gasteiger partial charge is 0.258 e. The van der Waals surface area contributed by atoms with E-state index in [0.717, 1.165) is 36.4 Å². The molecule has 2 rings (SSSR count). The van der Waals surface area contributed by atoms with Crippen molar-refractivity contribution in [2.45, 2.75) is 17.6 Å². The number of nitro benzene ring substituents is 1. The normalized spacial score (nSPS) is 12.1. The van der Waals surface area contributed by atoms with E-state index in [4.69, 9.17) is 0 Å². The van der Waals surface area contributed by atoms with Gasteiger partial charge in [-0.2, -0.15) is 13.2 Å². The number of nitrogens with one attached hydrogen (secondary N) is 1. The van der Waals surface area contributed by atoms with E-state index in [1.54, 1.807) is 0 Å². The van der Waals surface area contributed by atoms with E-state index >= 15 is 0 Å². The maximum absolute atomic E-state index is 12.6. The van der Waals surface area contributed by atoms with Crippen LogP contribution in [0.4, 0.5) is 18.9 Å². The lowest BCUT2D eigenvalue weighted by Gasteiger charge is -2.10. The number of sulfonamides is 1. The van der Waals surface area contributed by atoms with E-state index in [1.165, 1.54) is 12.1 Å². The van der Waals surface area contributed by atoms with Gasteiger partial charge in [0.25, 0.3) is 5.69 Å². The van der Waals surface area contributed by atoms with Gasteiger partial charge in [-0.25, -0.2) is 13.1 Å². The molecule has 0 atom stereocenters. The second-order valence-electron chi connectivity index (χ2n) is 4.77. The third-order valence-corrected chi connectivity index (χ3v) is 4.50. The molecule has 0 unspecified atom stereocenters. The molecule has 10 heteroatoms. The van der Waals surface area contributed by atoms with Crippen molar-refractivity contribution in [3.8, 4) is 0 Å². The van der Waals surface area contributed by atoms with Gasteiger partial charge in [0, 0.05) is 18.7 Å². The maximum atomic E-state index is 12.6. The number of rotatable bonds is 5. The van der Waals surface area contributed by atoms with E-state index in [0.29, 0.717) is 0 Å². The molecular formula is C14H11F3N2O4S. The van der Waals surface area contributed by atoms with Crippen LogP contribution in [-0.4, -0.2) is 13.3 Å². The standard InChI is InChI=1S/C14H11F3N2O4S/c15-14(16,17)11-3-1-2-10(8-11)9-18-24(22,23)13-6-4-12(5-7-13)19(20)21/h1-8,18H,9H2. The predicted molar refractivity (Wildman–Crippen MR) is 78.6 cm³/mol. The van der Waals surface area contributed by atoms with E-state index < -0.39 is 26.7 Å². The zero-order valence-electron chi connectivity index (χ0n) is 11.9. The molecule has 0 aliphatic carbocycles. The largest absolute Gasteiger partial charge is 0.416 e. The summed E-state index contributed by atoms with van der Waals surface area (Å²) >= 11 is 0. The van der Waals surface area contributed by atoms with E-state index in [1.807, 2.05) is 0 Å². The van der Waals surface area contributed by atoms with Crippen LogP contribution >= 0.6 is 0 Å². The third kappa shape index (κ3) is 4.30. The van der Waals surface area contributed by atoms with Crippen LogP contribution in [0.5, 0.6) is 0 Å². The predicted octanol–water partition coefficient (Wildman–Crippen LogP) is 3.09. The molecule has 128 valence electrons. The summed E-state index contributed by atoms with van der Waals surface area (Å²) in [4.78, 5) is 9.64. The number of hydrogen-bond donors (Lipinski definition) is 1. The van der Waals surface area contributed by atoms with Gasteiger partial charge in [0.05, 0.1) is 15.4 Å². The lowest BCUT2D eigenvalue weighted by atomic mass is 10.1. The van der Waals surface area contributed by atoms with Gasteiger partial charge in [-0.15, -0.1) is 0 Å². The molecule has 2 aromatic carbocycles. The molecule has 0 heterocycles. The summed E-state index contributed by atoms with van der Waals surface area (Å²) in [7, 11) is -4.00. The molecule has 24 heavy (non-hydrogen) atoms. The Kier molecular flexibility index (Phi) is 4.90. The van der Waals surface area contributed by atoms with Gasteiger partial charge in [0.1, 0.15) is 0 Å². The Bertz CT molecular complexity index is 849. The highest BCUT2D eigenvalue weighted by molar-refractivity contribution is 7.89. The molecule has 0 saturated carbocycles. The SMILES string of the molecule is O=[N+]([O-])c1ccc(S(=O)(=O)NCc2cccc(C(F)(F)F)c2)cc1. The second-order valence-corrected chi connectivity index (χ2v) is 6.54. The first-order valence-electron chi connectivity index (χ1n) is 6.50. The molecule has 0 aliphatic heterocycles. The van der Waals surface area contributed by atoms with Crippen molar-refractivity contribution in [3.63, 3.8) is 0 Å². The van der Waals surface area contributed by atoms with Crippen LogP contribution < -0.4 is 4.72 Å². The Morgan fingerprint density at radius 1 is 1.08 bits per heavy atom. The zero-order valence-corrected chi connectivity index (χ0v) is 12.8. The number of halogens is 3. The molecule has 0 fully saturated rings. The second kappa shape index (κ2) is 6.57. The van der Waals surface area contributed by atoms with Crippen molar-refractivity contribution < 1.29 is 26.5 Å². The molecule has 1 N–H and O–H groups in total. The zero-order chi connectivity index (χ0) is 18.0. The Morgan fingerprint density at radius 3 is 2.25 bits per heavy atom. The highest BCUT2D eigenvalue weighted by Crippen LogP contribution is 2.29. The molecule has 6 nitrogen and oxygen atoms in total. The fourth-order valence-corrected chi connectivity index (χ4v) is 2.88. The van der Waals surface area contributed by atoms with E-state index in [2.05, 4.69) is 4.72 Å². The minimum atomic E-state index is -4.52. The molecule has 0 amide bonds. The number of alkyl halides is 3. The third-order valence-electron chi connectivity index (χ3n) is 3.08. The molecule has 0 aromatic heterocycles. The fraction of sp³-hybridized carbons (Fsp3) is 0.143. The summed E-state index contributed by atoms with van der Waals surface area (Å²) in [6, 6.07) is 8.41. The van der Waals surface area contributed by atoms with Gasteiger partial charge < -0.3 is 0 Å². The van der Waals surface area contributed by atoms with Gasteiger partial charge in [-0.3, -0.25) is 10.1 Å². The molecule has 2 aromatic rings. The lowest BCUT2D eigenvalue weighted by molar-refractivity contribution is -0.384. The topological polar surface area (TPSA) is 89.3 Å². The van der Waals surface area contributed by atoms with Crippen molar-refractivity contribution in [1.29, 1.82) is 0 Å². The van der Waals surface area contributed by atoms with Gasteiger partial charge >= 0.3 is 6.18 Å². The Hall–Kier alpha value is -2.46. The first-order valence-corrected chi connectivity index (χ1v) is 7.98. The number of nitro groups is 1. The number of non-ortho nitro benzene ring substituents is 1.